The van der Waals surface area contributed by atoms with Gasteiger partial charge in [0.2, 0.25) is 0 Å². The fraction of sp³-hybridized carbons (Fsp3) is 0.200. The number of rotatable bonds is 2. The molecule has 0 spiro atoms. The van der Waals surface area contributed by atoms with E-state index >= 15 is 0 Å². The average molecular weight is 212 g/mol. The lowest BCUT2D eigenvalue weighted by atomic mass is 10.0. The third-order valence-corrected chi connectivity index (χ3v) is 2.80. The molecule has 16 heavy (non-hydrogen) atoms. The van der Waals surface area contributed by atoms with Gasteiger partial charge < -0.3 is 5.11 Å². The third kappa shape index (κ3) is 2.08. The van der Waals surface area contributed by atoms with Gasteiger partial charge >= 0.3 is 0 Å². The highest BCUT2D eigenvalue weighted by molar-refractivity contribution is 5.70. The molecule has 0 amide bonds. The molecule has 0 aliphatic rings. The van der Waals surface area contributed by atoms with Crippen molar-refractivity contribution in [3.63, 3.8) is 0 Å². The smallest absolute Gasteiger partial charge is 0.123 e. The van der Waals surface area contributed by atoms with Crippen LogP contribution in [0.5, 0.6) is 5.75 Å². The summed E-state index contributed by atoms with van der Waals surface area (Å²) in [6.45, 7) is 4.11. The lowest BCUT2D eigenvalue weighted by molar-refractivity contribution is 0.477. The van der Waals surface area contributed by atoms with Crippen molar-refractivity contribution in [3.8, 4) is 16.9 Å². The molecular weight excluding hydrogens is 196 g/mol. The monoisotopic (exact) mass is 212 g/mol. The Bertz CT molecular complexity index is 501. The topological polar surface area (TPSA) is 20.2 Å². The molecule has 0 fully saturated rings. The second kappa shape index (κ2) is 4.40. The molecule has 1 nitrogen and oxygen atoms in total. The Kier molecular flexibility index (Phi) is 2.95. The predicted octanol–water partition coefficient (Wildman–Crippen LogP) is 3.93. The Labute approximate surface area is 96.4 Å². The molecule has 2 aromatic rings. The Morgan fingerprint density at radius 2 is 1.88 bits per heavy atom. The highest BCUT2D eigenvalue weighted by Gasteiger charge is 2.04. The first-order valence-electron chi connectivity index (χ1n) is 5.59. The van der Waals surface area contributed by atoms with Crippen molar-refractivity contribution in [1.29, 1.82) is 0 Å². The van der Waals surface area contributed by atoms with Crippen LogP contribution in [-0.4, -0.2) is 5.11 Å². The Balaban J connectivity index is 2.49. The van der Waals surface area contributed by atoms with Gasteiger partial charge in [-0.25, -0.2) is 0 Å². The SMILES string of the molecule is CCc1cccc(-c2ccc(C)cc2O)c1. The van der Waals surface area contributed by atoms with Gasteiger partial charge in [-0.05, 0) is 36.1 Å². The summed E-state index contributed by atoms with van der Waals surface area (Å²) in [4.78, 5) is 0. The number of benzene rings is 2. The lowest BCUT2D eigenvalue weighted by Gasteiger charge is -2.07. The number of aryl methyl sites for hydroxylation is 2. The van der Waals surface area contributed by atoms with Gasteiger partial charge in [-0.15, -0.1) is 0 Å². The van der Waals surface area contributed by atoms with Crippen molar-refractivity contribution in [2.45, 2.75) is 20.3 Å². The quantitative estimate of drug-likeness (QED) is 0.799. The van der Waals surface area contributed by atoms with Gasteiger partial charge in [0.25, 0.3) is 0 Å². The molecule has 0 radical (unpaired) electrons. The summed E-state index contributed by atoms with van der Waals surface area (Å²) in [7, 11) is 0. The van der Waals surface area contributed by atoms with Crippen molar-refractivity contribution in [2.75, 3.05) is 0 Å². The van der Waals surface area contributed by atoms with E-state index in [9.17, 15) is 5.11 Å². The van der Waals surface area contributed by atoms with Crippen LogP contribution >= 0.6 is 0 Å². The van der Waals surface area contributed by atoms with Crippen molar-refractivity contribution in [3.05, 3.63) is 53.6 Å². The van der Waals surface area contributed by atoms with Gasteiger partial charge in [-0.3, -0.25) is 0 Å². The van der Waals surface area contributed by atoms with E-state index in [1.807, 2.05) is 31.2 Å². The van der Waals surface area contributed by atoms with Crippen LogP contribution in [0.15, 0.2) is 42.5 Å². The summed E-state index contributed by atoms with van der Waals surface area (Å²) in [5.74, 6) is 0.355. The van der Waals surface area contributed by atoms with Crippen LogP contribution in [0.1, 0.15) is 18.1 Å². The summed E-state index contributed by atoms with van der Waals surface area (Å²) in [5.41, 5.74) is 4.35. The van der Waals surface area contributed by atoms with E-state index in [1.165, 1.54) is 5.56 Å². The number of phenols is 1. The molecule has 82 valence electrons. The van der Waals surface area contributed by atoms with Crippen molar-refractivity contribution in [2.24, 2.45) is 0 Å². The van der Waals surface area contributed by atoms with Gasteiger partial charge in [0.15, 0.2) is 0 Å². The van der Waals surface area contributed by atoms with E-state index in [2.05, 4.69) is 19.1 Å². The molecule has 0 saturated carbocycles. The lowest BCUT2D eigenvalue weighted by Crippen LogP contribution is -1.84. The summed E-state index contributed by atoms with van der Waals surface area (Å²) < 4.78 is 0. The normalized spacial score (nSPS) is 10.4. The van der Waals surface area contributed by atoms with Crippen molar-refractivity contribution < 1.29 is 5.11 Å². The molecule has 0 unspecified atom stereocenters. The van der Waals surface area contributed by atoms with Crippen molar-refractivity contribution >= 4 is 0 Å². The standard InChI is InChI=1S/C15H16O/c1-3-12-5-4-6-13(10-12)14-8-7-11(2)9-15(14)16/h4-10,16H,3H2,1-2H3. The van der Waals surface area contributed by atoms with Crippen LogP contribution in [0.4, 0.5) is 0 Å². The van der Waals surface area contributed by atoms with E-state index in [-0.39, 0.29) is 0 Å². The van der Waals surface area contributed by atoms with Gasteiger partial charge in [0, 0.05) is 5.56 Å². The first kappa shape index (κ1) is 10.7. The molecule has 2 aromatic carbocycles. The van der Waals surface area contributed by atoms with Gasteiger partial charge in [-0.2, -0.15) is 0 Å². The minimum absolute atomic E-state index is 0.355. The van der Waals surface area contributed by atoms with E-state index in [1.54, 1.807) is 6.07 Å². The van der Waals surface area contributed by atoms with Crippen LogP contribution in [0, 0.1) is 6.92 Å². The van der Waals surface area contributed by atoms with Gasteiger partial charge in [0.05, 0.1) is 0 Å². The number of phenolic OH excluding ortho intramolecular Hbond substituents is 1. The molecule has 0 bridgehead atoms. The molecule has 0 aliphatic heterocycles. The summed E-state index contributed by atoms with van der Waals surface area (Å²) in [6, 6.07) is 14.1. The number of hydrogen-bond donors (Lipinski definition) is 1. The zero-order valence-corrected chi connectivity index (χ0v) is 9.70. The molecule has 0 aliphatic carbocycles. The van der Waals surface area contributed by atoms with Gasteiger partial charge in [-0.1, -0.05) is 43.3 Å². The molecule has 0 saturated heterocycles. The number of aromatic hydroxyl groups is 1. The van der Waals surface area contributed by atoms with E-state index in [4.69, 9.17) is 0 Å². The Hall–Kier alpha value is -1.76. The van der Waals surface area contributed by atoms with Gasteiger partial charge in [0.1, 0.15) is 5.75 Å². The predicted molar refractivity (Wildman–Crippen MR) is 67.7 cm³/mol. The maximum Gasteiger partial charge on any atom is 0.123 e. The zero-order chi connectivity index (χ0) is 11.5. The molecular formula is C15H16O. The summed E-state index contributed by atoms with van der Waals surface area (Å²) >= 11 is 0. The Morgan fingerprint density at radius 3 is 2.56 bits per heavy atom. The van der Waals surface area contributed by atoms with Crippen molar-refractivity contribution in [1.82, 2.24) is 0 Å². The van der Waals surface area contributed by atoms with Crippen LogP contribution in [0.2, 0.25) is 0 Å². The van der Waals surface area contributed by atoms with Crippen LogP contribution in [0.3, 0.4) is 0 Å². The second-order valence-corrected chi connectivity index (χ2v) is 4.07. The average Bonchev–Trinajstić information content (AvgIpc) is 2.29. The van der Waals surface area contributed by atoms with Crippen LogP contribution in [0.25, 0.3) is 11.1 Å². The van der Waals surface area contributed by atoms with Crippen LogP contribution in [-0.2, 0) is 6.42 Å². The molecule has 1 N–H and O–H groups in total. The maximum atomic E-state index is 9.91. The van der Waals surface area contributed by atoms with E-state index < -0.39 is 0 Å². The molecule has 0 atom stereocenters. The molecule has 1 heteroatoms. The minimum Gasteiger partial charge on any atom is -0.507 e. The highest BCUT2D eigenvalue weighted by Crippen LogP contribution is 2.30. The first-order chi connectivity index (χ1) is 7.70. The minimum atomic E-state index is 0.355. The molecule has 2 rings (SSSR count). The van der Waals surface area contributed by atoms with Crippen LogP contribution < -0.4 is 0 Å². The first-order valence-corrected chi connectivity index (χ1v) is 5.59. The maximum absolute atomic E-state index is 9.91. The Morgan fingerprint density at radius 1 is 1.06 bits per heavy atom. The second-order valence-electron chi connectivity index (χ2n) is 4.07. The molecule has 0 heterocycles. The third-order valence-electron chi connectivity index (χ3n) is 2.80. The summed E-state index contributed by atoms with van der Waals surface area (Å²) in [6.07, 6.45) is 1.01. The van der Waals surface area contributed by atoms with E-state index in [0.717, 1.165) is 23.1 Å². The van der Waals surface area contributed by atoms with E-state index in [0.29, 0.717) is 5.75 Å². The number of hydrogen-bond acceptors (Lipinski definition) is 1. The fourth-order valence-electron chi connectivity index (χ4n) is 1.84. The highest BCUT2D eigenvalue weighted by atomic mass is 16.3. The fourth-order valence-corrected chi connectivity index (χ4v) is 1.84. The molecule has 0 aromatic heterocycles. The zero-order valence-electron chi connectivity index (χ0n) is 9.70. The largest absolute Gasteiger partial charge is 0.507 e. The summed E-state index contributed by atoms with van der Waals surface area (Å²) in [5, 5.41) is 9.91.